The lowest BCUT2D eigenvalue weighted by Gasteiger charge is -2.22. The highest BCUT2D eigenvalue weighted by atomic mass is 32.1. The van der Waals surface area contributed by atoms with Crippen LogP contribution >= 0.6 is 11.3 Å². The third kappa shape index (κ3) is 4.74. The molecule has 6 nitrogen and oxygen atoms in total. The summed E-state index contributed by atoms with van der Waals surface area (Å²) in [5, 5.41) is 2.90. The highest BCUT2D eigenvalue weighted by Crippen LogP contribution is 2.24. The molecule has 1 saturated heterocycles. The van der Waals surface area contributed by atoms with Gasteiger partial charge < -0.3 is 9.80 Å². The van der Waals surface area contributed by atoms with Crippen LogP contribution in [0.1, 0.15) is 28.0 Å². The van der Waals surface area contributed by atoms with E-state index in [1.165, 1.54) is 5.56 Å². The van der Waals surface area contributed by atoms with Crippen LogP contribution in [0.5, 0.6) is 0 Å². The van der Waals surface area contributed by atoms with E-state index in [-0.39, 0.29) is 11.8 Å². The van der Waals surface area contributed by atoms with Crippen molar-refractivity contribution < 1.29 is 9.59 Å². The molecule has 0 bridgehead atoms. The minimum absolute atomic E-state index is 0.00561. The predicted molar refractivity (Wildman–Crippen MR) is 117 cm³/mol. The Bertz CT molecular complexity index is 1020. The first kappa shape index (κ1) is 20.2. The molecular weight excluding hydrogens is 396 g/mol. The lowest BCUT2D eigenvalue weighted by atomic mass is 10.2. The van der Waals surface area contributed by atoms with E-state index in [4.69, 9.17) is 0 Å². The van der Waals surface area contributed by atoms with Gasteiger partial charge in [-0.15, -0.1) is 11.3 Å². The highest BCUT2D eigenvalue weighted by molar-refractivity contribution is 7.13. The largest absolute Gasteiger partial charge is 0.341 e. The summed E-state index contributed by atoms with van der Waals surface area (Å²) >= 11 is 1.56. The summed E-state index contributed by atoms with van der Waals surface area (Å²) in [6, 6.07) is 11.7. The van der Waals surface area contributed by atoms with Crippen molar-refractivity contribution in [2.75, 3.05) is 26.2 Å². The van der Waals surface area contributed by atoms with Gasteiger partial charge in [-0.25, -0.2) is 4.98 Å². The van der Waals surface area contributed by atoms with Crippen LogP contribution in [-0.4, -0.2) is 57.8 Å². The summed E-state index contributed by atoms with van der Waals surface area (Å²) < 4.78 is 0. The monoisotopic (exact) mass is 420 g/mol. The van der Waals surface area contributed by atoms with Gasteiger partial charge in [-0.3, -0.25) is 14.6 Å². The fourth-order valence-corrected chi connectivity index (χ4v) is 4.36. The molecule has 0 N–H and O–H groups in total. The van der Waals surface area contributed by atoms with Crippen molar-refractivity contribution in [2.24, 2.45) is 0 Å². The Morgan fingerprint density at radius 1 is 0.967 bits per heavy atom. The molecule has 3 aromatic rings. The van der Waals surface area contributed by atoms with E-state index in [9.17, 15) is 9.59 Å². The minimum Gasteiger partial charge on any atom is -0.341 e. The van der Waals surface area contributed by atoms with Gasteiger partial charge in [0.15, 0.2) is 0 Å². The molecule has 0 spiro atoms. The summed E-state index contributed by atoms with van der Waals surface area (Å²) in [6.45, 7) is 4.46. The molecule has 0 atom stereocenters. The van der Waals surface area contributed by atoms with Crippen LogP contribution in [0.2, 0.25) is 0 Å². The number of hydrogen-bond donors (Lipinski definition) is 0. The summed E-state index contributed by atoms with van der Waals surface area (Å²) in [5.41, 5.74) is 3.72. The lowest BCUT2D eigenvalue weighted by Crippen LogP contribution is -2.38. The van der Waals surface area contributed by atoms with Gasteiger partial charge >= 0.3 is 0 Å². The van der Waals surface area contributed by atoms with Crippen LogP contribution in [0.15, 0.2) is 54.2 Å². The molecule has 4 rings (SSSR count). The second kappa shape index (κ2) is 9.17. The molecule has 154 valence electrons. The van der Waals surface area contributed by atoms with Crippen LogP contribution in [0.4, 0.5) is 0 Å². The Labute approximate surface area is 180 Å². The maximum absolute atomic E-state index is 12.8. The third-order valence-electron chi connectivity index (χ3n) is 5.25. The molecule has 2 amide bonds. The number of aromatic nitrogens is 2. The number of aryl methyl sites for hydroxylation is 1. The Morgan fingerprint density at radius 2 is 1.67 bits per heavy atom. The molecule has 30 heavy (non-hydrogen) atoms. The SMILES string of the molecule is Cc1ccc(-c2nc(CC(=O)N3CCCN(C(=O)c4ccncc4)CC3)cs2)cc1. The molecule has 7 heteroatoms. The number of amides is 2. The smallest absolute Gasteiger partial charge is 0.254 e. The first-order chi connectivity index (χ1) is 14.6. The molecule has 1 aromatic carbocycles. The number of hydrogen-bond acceptors (Lipinski definition) is 5. The number of rotatable bonds is 4. The number of carbonyl (C=O) groups is 2. The fourth-order valence-electron chi connectivity index (χ4n) is 3.53. The summed E-state index contributed by atoms with van der Waals surface area (Å²) in [7, 11) is 0. The zero-order valence-electron chi connectivity index (χ0n) is 17.0. The second-order valence-corrected chi connectivity index (χ2v) is 8.31. The van der Waals surface area contributed by atoms with Gasteiger partial charge in [-0.1, -0.05) is 29.8 Å². The second-order valence-electron chi connectivity index (χ2n) is 7.45. The van der Waals surface area contributed by atoms with Crippen molar-refractivity contribution in [1.82, 2.24) is 19.8 Å². The molecule has 3 heterocycles. The summed E-state index contributed by atoms with van der Waals surface area (Å²) in [6.07, 6.45) is 4.31. The van der Waals surface area contributed by atoms with Crippen molar-refractivity contribution in [3.63, 3.8) is 0 Å². The van der Waals surface area contributed by atoms with Crippen LogP contribution in [-0.2, 0) is 11.2 Å². The first-order valence-electron chi connectivity index (χ1n) is 10.1. The van der Waals surface area contributed by atoms with E-state index < -0.39 is 0 Å². The van der Waals surface area contributed by atoms with Crippen LogP contribution < -0.4 is 0 Å². The molecular formula is C23H24N4O2S. The summed E-state index contributed by atoms with van der Waals surface area (Å²) in [4.78, 5) is 37.8. The van der Waals surface area contributed by atoms with Gasteiger partial charge in [0, 0.05) is 55.1 Å². The summed E-state index contributed by atoms with van der Waals surface area (Å²) in [5.74, 6) is 0.0582. The molecule has 0 unspecified atom stereocenters. The maximum Gasteiger partial charge on any atom is 0.254 e. The number of nitrogens with zero attached hydrogens (tertiary/aromatic N) is 4. The molecule has 0 aliphatic carbocycles. The van der Waals surface area contributed by atoms with Crippen molar-refractivity contribution in [2.45, 2.75) is 19.8 Å². The Balaban J connectivity index is 1.35. The third-order valence-corrected chi connectivity index (χ3v) is 6.19. The number of pyridine rings is 1. The Hall–Kier alpha value is -3.06. The average Bonchev–Trinajstić information content (AvgIpc) is 3.09. The molecule has 2 aromatic heterocycles. The average molecular weight is 421 g/mol. The molecule has 1 fully saturated rings. The number of thiazole rings is 1. The quantitative estimate of drug-likeness (QED) is 0.649. The zero-order chi connectivity index (χ0) is 20.9. The van der Waals surface area contributed by atoms with Gasteiger partial charge in [0.05, 0.1) is 12.1 Å². The molecule has 0 radical (unpaired) electrons. The number of carbonyl (C=O) groups excluding carboxylic acids is 2. The van der Waals surface area contributed by atoms with Crippen LogP contribution in [0.25, 0.3) is 10.6 Å². The molecule has 1 aliphatic heterocycles. The van der Waals surface area contributed by atoms with Crippen molar-refractivity contribution >= 4 is 23.2 Å². The van der Waals surface area contributed by atoms with E-state index in [1.54, 1.807) is 35.9 Å². The van der Waals surface area contributed by atoms with Crippen LogP contribution in [0, 0.1) is 6.92 Å². The van der Waals surface area contributed by atoms with E-state index in [1.807, 2.05) is 15.2 Å². The number of benzene rings is 1. The fraction of sp³-hybridized carbons (Fsp3) is 0.304. The van der Waals surface area contributed by atoms with Crippen molar-refractivity contribution in [3.8, 4) is 10.6 Å². The van der Waals surface area contributed by atoms with Crippen molar-refractivity contribution in [3.05, 3.63) is 71.0 Å². The molecule has 0 saturated carbocycles. The predicted octanol–water partition coefficient (Wildman–Crippen LogP) is 3.43. The molecule has 1 aliphatic rings. The minimum atomic E-state index is -0.00561. The topological polar surface area (TPSA) is 66.4 Å². The highest BCUT2D eigenvalue weighted by Gasteiger charge is 2.23. The van der Waals surface area contributed by atoms with E-state index in [0.29, 0.717) is 38.2 Å². The van der Waals surface area contributed by atoms with E-state index in [2.05, 4.69) is 41.2 Å². The van der Waals surface area contributed by atoms with E-state index in [0.717, 1.165) is 22.7 Å². The van der Waals surface area contributed by atoms with Gasteiger partial charge in [0.2, 0.25) is 5.91 Å². The van der Waals surface area contributed by atoms with E-state index >= 15 is 0 Å². The lowest BCUT2D eigenvalue weighted by molar-refractivity contribution is -0.130. The Morgan fingerprint density at radius 3 is 2.43 bits per heavy atom. The zero-order valence-corrected chi connectivity index (χ0v) is 17.8. The Kier molecular flexibility index (Phi) is 6.18. The standard InChI is InChI=1S/C23H24N4O2S/c1-17-3-5-18(6-4-17)22-25-20(16-30-22)15-21(28)26-11-2-12-27(14-13-26)23(29)19-7-9-24-10-8-19/h3-10,16H,2,11-15H2,1H3. The van der Waals surface area contributed by atoms with Gasteiger partial charge in [-0.2, -0.15) is 0 Å². The van der Waals surface area contributed by atoms with Gasteiger partial charge in [0.1, 0.15) is 5.01 Å². The normalized spacial score (nSPS) is 14.4. The van der Waals surface area contributed by atoms with Gasteiger partial charge in [0.25, 0.3) is 5.91 Å². The van der Waals surface area contributed by atoms with Crippen LogP contribution in [0.3, 0.4) is 0 Å². The first-order valence-corrected chi connectivity index (χ1v) is 11.0. The maximum atomic E-state index is 12.8. The van der Waals surface area contributed by atoms with Gasteiger partial charge in [-0.05, 0) is 25.5 Å². The van der Waals surface area contributed by atoms with Crippen molar-refractivity contribution in [1.29, 1.82) is 0 Å².